The SMILES string of the molecule is CC.CC.CC.CC.Cc1cc(-n2c3ccccc3c3ccccc32)cc(C)c1C.Cc1cc(N(c2ccccc2)c2ccccc2)cc(C)c1C. The van der Waals surface area contributed by atoms with E-state index in [9.17, 15) is 0 Å². The first-order chi connectivity index (χ1) is 25.3. The smallest absolute Gasteiger partial charge is 0.0541 e. The second-order valence-electron chi connectivity index (χ2n) is 11.8. The zero-order chi connectivity index (χ0) is 38.8. The fourth-order valence-electron chi connectivity index (χ4n) is 6.09. The second kappa shape index (κ2) is 22.0. The van der Waals surface area contributed by atoms with E-state index in [-0.39, 0.29) is 0 Å². The van der Waals surface area contributed by atoms with Gasteiger partial charge in [0, 0.05) is 33.5 Å². The molecule has 2 nitrogen and oxygen atoms in total. The third kappa shape index (κ3) is 10.0. The molecule has 1 heterocycles. The van der Waals surface area contributed by atoms with Gasteiger partial charge in [-0.15, -0.1) is 0 Å². The highest BCUT2D eigenvalue weighted by Crippen LogP contribution is 2.36. The molecule has 0 radical (unpaired) electrons. The van der Waals surface area contributed by atoms with Crippen LogP contribution in [0.25, 0.3) is 27.5 Å². The molecule has 274 valence electrons. The molecular formula is C50H64N2. The number of rotatable bonds is 4. The summed E-state index contributed by atoms with van der Waals surface area (Å²) in [5.41, 5.74) is 15.4. The molecule has 0 spiro atoms. The van der Waals surface area contributed by atoms with Crippen molar-refractivity contribution >= 4 is 38.9 Å². The molecule has 7 aromatic rings. The minimum absolute atomic E-state index is 1.18. The summed E-state index contributed by atoms with van der Waals surface area (Å²) in [5, 5.41) is 2.63. The molecule has 0 aliphatic rings. The summed E-state index contributed by atoms with van der Waals surface area (Å²) in [6.45, 7) is 29.1. The van der Waals surface area contributed by atoms with Crippen molar-refractivity contribution in [2.24, 2.45) is 0 Å². The lowest BCUT2D eigenvalue weighted by molar-refractivity contribution is 1.14. The van der Waals surface area contributed by atoms with Gasteiger partial charge in [0.1, 0.15) is 0 Å². The standard InChI is InChI=1S/C21H19N.C21H21N.4C2H6/c1-14-12-17(13-15(2)16(14)3)22-20-10-6-4-8-18(20)19-9-5-7-11-21(19)22;1-16-14-21(15-17(2)18(16)3)22(19-10-6-4-7-11-19)20-12-8-5-9-13-20;4*1-2/h4-13H,1-3H3;4-15H,1-3H3;4*1-2H3. The van der Waals surface area contributed by atoms with Crippen LogP contribution < -0.4 is 4.90 Å². The Kier molecular flexibility index (Phi) is 18.2. The van der Waals surface area contributed by atoms with Gasteiger partial charge in [-0.25, -0.2) is 0 Å². The summed E-state index contributed by atoms with van der Waals surface area (Å²) >= 11 is 0. The van der Waals surface area contributed by atoms with Crippen LogP contribution in [-0.4, -0.2) is 4.57 Å². The van der Waals surface area contributed by atoms with Crippen molar-refractivity contribution in [2.45, 2.75) is 96.9 Å². The molecule has 0 aliphatic heterocycles. The number of hydrogen-bond donors (Lipinski definition) is 0. The van der Waals surface area contributed by atoms with Crippen LogP contribution in [0.1, 0.15) is 88.8 Å². The van der Waals surface area contributed by atoms with Crippen molar-refractivity contribution in [3.05, 3.63) is 167 Å². The normalized spacial score (nSPS) is 9.73. The Hall–Kier alpha value is -5.08. The van der Waals surface area contributed by atoms with Crippen LogP contribution in [0, 0.1) is 41.5 Å². The fraction of sp³-hybridized carbons (Fsp3) is 0.280. The zero-order valence-electron chi connectivity index (χ0n) is 34.6. The Labute approximate surface area is 316 Å². The van der Waals surface area contributed by atoms with Gasteiger partial charge in [-0.3, -0.25) is 0 Å². The van der Waals surface area contributed by atoms with Crippen LogP contribution in [0.4, 0.5) is 17.1 Å². The molecule has 0 N–H and O–H groups in total. The van der Waals surface area contributed by atoms with Crippen LogP contribution in [0.5, 0.6) is 0 Å². The molecule has 2 heteroatoms. The number of hydrogen-bond acceptors (Lipinski definition) is 1. The van der Waals surface area contributed by atoms with Crippen molar-refractivity contribution in [1.29, 1.82) is 0 Å². The Balaban J connectivity index is 0.000000303. The molecule has 0 amide bonds. The van der Waals surface area contributed by atoms with E-state index in [0.717, 1.165) is 0 Å². The summed E-state index contributed by atoms with van der Waals surface area (Å²) in [7, 11) is 0. The number of aryl methyl sites for hydroxylation is 4. The van der Waals surface area contributed by atoms with Crippen molar-refractivity contribution in [1.82, 2.24) is 4.57 Å². The molecule has 52 heavy (non-hydrogen) atoms. The maximum absolute atomic E-state index is 2.38. The molecule has 6 aromatic carbocycles. The van der Waals surface area contributed by atoms with Gasteiger partial charge in [-0.1, -0.05) is 128 Å². The molecule has 0 saturated heterocycles. The third-order valence-corrected chi connectivity index (χ3v) is 8.95. The number of anilines is 3. The Morgan fingerprint density at radius 2 is 0.654 bits per heavy atom. The van der Waals surface area contributed by atoms with Crippen molar-refractivity contribution in [2.75, 3.05) is 4.90 Å². The summed E-state index contributed by atoms with van der Waals surface area (Å²) in [5.74, 6) is 0. The predicted molar refractivity (Wildman–Crippen MR) is 236 cm³/mol. The number of para-hydroxylation sites is 4. The molecule has 1 aromatic heterocycles. The van der Waals surface area contributed by atoms with Crippen molar-refractivity contribution < 1.29 is 0 Å². The van der Waals surface area contributed by atoms with Gasteiger partial charge >= 0.3 is 0 Å². The summed E-state index contributed by atoms with van der Waals surface area (Å²) in [6, 6.07) is 47.5. The summed E-state index contributed by atoms with van der Waals surface area (Å²) < 4.78 is 2.38. The molecule has 0 bridgehead atoms. The number of benzene rings is 6. The van der Waals surface area contributed by atoms with E-state index >= 15 is 0 Å². The highest BCUT2D eigenvalue weighted by atomic mass is 15.1. The number of aromatic nitrogens is 1. The second-order valence-corrected chi connectivity index (χ2v) is 11.8. The van der Waals surface area contributed by atoms with Gasteiger partial charge < -0.3 is 9.47 Å². The number of nitrogens with zero attached hydrogens (tertiary/aromatic N) is 2. The van der Waals surface area contributed by atoms with Gasteiger partial charge in [-0.2, -0.15) is 0 Å². The van der Waals surface area contributed by atoms with Gasteiger partial charge in [0.2, 0.25) is 0 Å². The van der Waals surface area contributed by atoms with E-state index in [0.29, 0.717) is 0 Å². The van der Waals surface area contributed by atoms with Gasteiger partial charge in [0.15, 0.2) is 0 Å². The third-order valence-electron chi connectivity index (χ3n) is 8.95. The quantitative estimate of drug-likeness (QED) is 0.178. The molecule has 0 saturated carbocycles. The fourth-order valence-corrected chi connectivity index (χ4v) is 6.09. The van der Waals surface area contributed by atoms with E-state index in [1.165, 1.54) is 77.9 Å². The average molecular weight is 693 g/mol. The predicted octanol–water partition coefficient (Wildman–Crippen LogP) is 15.9. The molecule has 0 unspecified atom stereocenters. The Morgan fingerprint density at radius 3 is 1.02 bits per heavy atom. The first-order valence-corrected chi connectivity index (χ1v) is 19.4. The van der Waals surface area contributed by atoms with E-state index in [4.69, 9.17) is 0 Å². The lowest BCUT2D eigenvalue weighted by Gasteiger charge is -2.26. The van der Waals surface area contributed by atoms with E-state index < -0.39 is 0 Å². The molecule has 0 atom stereocenters. The van der Waals surface area contributed by atoms with Gasteiger partial charge in [-0.05, 0) is 136 Å². The van der Waals surface area contributed by atoms with E-state index in [1.54, 1.807) is 0 Å². The van der Waals surface area contributed by atoms with Crippen LogP contribution in [0.2, 0.25) is 0 Å². The lowest BCUT2D eigenvalue weighted by Crippen LogP contribution is -2.10. The lowest BCUT2D eigenvalue weighted by atomic mass is 10.0. The largest absolute Gasteiger partial charge is 0.310 e. The maximum atomic E-state index is 2.38. The number of fused-ring (bicyclic) bond motifs is 3. The highest BCUT2D eigenvalue weighted by Gasteiger charge is 2.14. The monoisotopic (exact) mass is 693 g/mol. The minimum Gasteiger partial charge on any atom is -0.310 e. The molecule has 7 rings (SSSR count). The zero-order valence-corrected chi connectivity index (χ0v) is 34.6. The Bertz CT molecular complexity index is 1930. The van der Waals surface area contributed by atoms with Crippen molar-refractivity contribution in [3.8, 4) is 5.69 Å². The first kappa shape index (κ1) is 43.1. The van der Waals surface area contributed by atoms with E-state index in [2.05, 4.69) is 184 Å². The summed E-state index contributed by atoms with van der Waals surface area (Å²) in [6.07, 6.45) is 0. The molecule has 0 fully saturated rings. The van der Waals surface area contributed by atoms with Crippen LogP contribution in [-0.2, 0) is 0 Å². The van der Waals surface area contributed by atoms with Gasteiger partial charge in [0.25, 0.3) is 0 Å². The topological polar surface area (TPSA) is 8.17 Å². The molecule has 0 aliphatic carbocycles. The van der Waals surface area contributed by atoms with Crippen molar-refractivity contribution in [3.63, 3.8) is 0 Å². The first-order valence-electron chi connectivity index (χ1n) is 19.4. The van der Waals surface area contributed by atoms with Gasteiger partial charge in [0.05, 0.1) is 11.0 Å². The Morgan fingerprint density at radius 1 is 0.346 bits per heavy atom. The van der Waals surface area contributed by atoms with E-state index in [1.807, 2.05) is 55.4 Å². The van der Waals surface area contributed by atoms with Crippen LogP contribution in [0.3, 0.4) is 0 Å². The van der Waals surface area contributed by atoms with Crippen LogP contribution >= 0.6 is 0 Å². The van der Waals surface area contributed by atoms with Crippen LogP contribution in [0.15, 0.2) is 133 Å². The molecular weight excluding hydrogens is 629 g/mol. The maximum Gasteiger partial charge on any atom is 0.0541 e. The minimum atomic E-state index is 1.18. The summed E-state index contributed by atoms with van der Waals surface area (Å²) in [4.78, 5) is 2.30. The average Bonchev–Trinajstić information content (AvgIpc) is 3.54. The highest BCUT2D eigenvalue weighted by molar-refractivity contribution is 6.09.